The number of hydrogen-bond acceptors (Lipinski definition) is 4. The molecule has 0 fully saturated rings. The van der Waals surface area contributed by atoms with E-state index in [9.17, 15) is 22.4 Å². The molecule has 2 N–H and O–H groups in total. The van der Waals surface area contributed by atoms with Crippen LogP contribution in [0.15, 0.2) is 41.2 Å². The molecule has 2 rings (SSSR count). The second kappa shape index (κ2) is 6.83. The lowest BCUT2D eigenvalue weighted by atomic mass is 10.2. The van der Waals surface area contributed by atoms with Crippen molar-refractivity contribution >= 4 is 21.7 Å². The number of aromatic nitrogens is 1. The SMILES string of the molecule is Cc1ccc(NS(=O)(=O)Cc2ccc(F)cc2)c(=O)n1CC(=O)O. The van der Waals surface area contributed by atoms with Gasteiger partial charge >= 0.3 is 5.97 Å². The molecular formula is C15H15FN2O5S. The van der Waals surface area contributed by atoms with Crippen LogP contribution in [0, 0.1) is 12.7 Å². The number of anilines is 1. The Bertz CT molecular complexity index is 920. The predicted molar refractivity (Wildman–Crippen MR) is 85.7 cm³/mol. The molecule has 0 atom stereocenters. The van der Waals surface area contributed by atoms with E-state index < -0.39 is 39.7 Å². The number of aliphatic carboxylic acids is 1. The van der Waals surface area contributed by atoms with Crippen molar-refractivity contribution in [2.75, 3.05) is 4.72 Å². The minimum atomic E-state index is -3.91. The Hall–Kier alpha value is -2.68. The van der Waals surface area contributed by atoms with E-state index in [1.165, 1.54) is 24.3 Å². The van der Waals surface area contributed by atoms with Crippen molar-refractivity contribution in [3.05, 3.63) is 63.8 Å². The van der Waals surface area contributed by atoms with Crippen molar-refractivity contribution < 1.29 is 22.7 Å². The molecule has 7 nitrogen and oxygen atoms in total. The highest BCUT2D eigenvalue weighted by Crippen LogP contribution is 2.11. The van der Waals surface area contributed by atoms with Gasteiger partial charge in [-0.1, -0.05) is 12.1 Å². The summed E-state index contributed by atoms with van der Waals surface area (Å²) in [6.45, 7) is 0.972. The Morgan fingerprint density at radius 3 is 2.42 bits per heavy atom. The molecule has 0 saturated heterocycles. The standard InChI is InChI=1S/C15H15FN2O5S/c1-10-2-7-13(15(21)18(10)8-14(19)20)17-24(22,23)9-11-3-5-12(16)6-4-11/h2-7,17H,8-9H2,1H3,(H,19,20). The third-order valence-electron chi connectivity index (χ3n) is 3.22. The maximum atomic E-state index is 12.8. The largest absolute Gasteiger partial charge is 0.480 e. The highest BCUT2D eigenvalue weighted by Gasteiger charge is 2.16. The summed E-state index contributed by atoms with van der Waals surface area (Å²) >= 11 is 0. The molecule has 0 radical (unpaired) electrons. The zero-order chi connectivity index (χ0) is 17.9. The summed E-state index contributed by atoms with van der Waals surface area (Å²) in [5.41, 5.74) is -0.255. The number of nitrogens with zero attached hydrogens (tertiary/aromatic N) is 1. The maximum Gasteiger partial charge on any atom is 0.323 e. The number of rotatable bonds is 6. The van der Waals surface area contributed by atoms with Gasteiger partial charge in [-0.3, -0.25) is 18.9 Å². The van der Waals surface area contributed by atoms with Crippen LogP contribution < -0.4 is 10.3 Å². The van der Waals surface area contributed by atoms with E-state index >= 15 is 0 Å². The first-order chi connectivity index (χ1) is 11.2. The van der Waals surface area contributed by atoms with Gasteiger partial charge in [0.2, 0.25) is 10.0 Å². The molecule has 0 aliphatic carbocycles. The third kappa shape index (κ3) is 4.42. The average Bonchev–Trinajstić information content (AvgIpc) is 2.48. The number of pyridine rings is 1. The molecule has 0 bridgehead atoms. The van der Waals surface area contributed by atoms with Gasteiger partial charge in [0.25, 0.3) is 5.56 Å². The quantitative estimate of drug-likeness (QED) is 0.814. The van der Waals surface area contributed by atoms with Crippen LogP contribution in [-0.4, -0.2) is 24.1 Å². The predicted octanol–water partition coefficient (Wildman–Crippen LogP) is 1.32. The number of carboxylic acid groups (broad SMARTS) is 1. The molecule has 0 amide bonds. The van der Waals surface area contributed by atoms with Crippen molar-refractivity contribution in [3.8, 4) is 0 Å². The van der Waals surface area contributed by atoms with E-state index in [0.29, 0.717) is 11.3 Å². The van der Waals surface area contributed by atoms with Gasteiger partial charge in [-0.25, -0.2) is 12.8 Å². The van der Waals surface area contributed by atoms with E-state index in [1.54, 1.807) is 6.92 Å². The Balaban J connectivity index is 2.28. The van der Waals surface area contributed by atoms with E-state index in [1.807, 2.05) is 0 Å². The molecule has 0 aliphatic heterocycles. The first kappa shape index (κ1) is 17.7. The Morgan fingerprint density at radius 1 is 1.21 bits per heavy atom. The van der Waals surface area contributed by atoms with Crippen LogP contribution in [0.25, 0.3) is 0 Å². The number of hydrogen-bond donors (Lipinski definition) is 2. The van der Waals surface area contributed by atoms with Crippen LogP contribution in [0.2, 0.25) is 0 Å². The van der Waals surface area contributed by atoms with Crippen LogP contribution in [-0.2, 0) is 27.1 Å². The molecule has 128 valence electrons. The van der Waals surface area contributed by atoms with E-state index in [-0.39, 0.29) is 5.69 Å². The lowest BCUT2D eigenvalue weighted by Crippen LogP contribution is -2.30. The fourth-order valence-electron chi connectivity index (χ4n) is 2.08. The Labute approximate surface area is 137 Å². The molecule has 1 aromatic carbocycles. The normalized spacial score (nSPS) is 11.2. The fourth-order valence-corrected chi connectivity index (χ4v) is 3.28. The monoisotopic (exact) mass is 354 g/mol. The Morgan fingerprint density at radius 2 is 1.83 bits per heavy atom. The summed E-state index contributed by atoms with van der Waals surface area (Å²) in [5, 5.41) is 8.83. The number of carbonyl (C=O) groups is 1. The summed E-state index contributed by atoms with van der Waals surface area (Å²) in [7, 11) is -3.91. The van der Waals surface area contributed by atoms with Crippen molar-refractivity contribution in [2.24, 2.45) is 0 Å². The molecule has 0 aliphatic rings. The van der Waals surface area contributed by atoms with Gasteiger partial charge < -0.3 is 5.11 Å². The molecule has 9 heteroatoms. The molecule has 0 saturated carbocycles. The van der Waals surface area contributed by atoms with Crippen molar-refractivity contribution in [3.63, 3.8) is 0 Å². The van der Waals surface area contributed by atoms with Gasteiger partial charge in [0, 0.05) is 5.69 Å². The molecular weight excluding hydrogens is 339 g/mol. The molecule has 24 heavy (non-hydrogen) atoms. The highest BCUT2D eigenvalue weighted by atomic mass is 32.2. The van der Waals surface area contributed by atoms with Crippen LogP contribution in [0.3, 0.4) is 0 Å². The lowest BCUT2D eigenvalue weighted by Gasteiger charge is -2.12. The summed E-state index contributed by atoms with van der Waals surface area (Å²) in [6.07, 6.45) is 0. The first-order valence-corrected chi connectivity index (χ1v) is 8.50. The highest BCUT2D eigenvalue weighted by molar-refractivity contribution is 7.91. The van der Waals surface area contributed by atoms with E-state index in [4.69, 9.17) is 5.11 Å². The van der Waals surface area contributed by atoms with Crippen LogP contribution in [0.4, 0.5) is 10.1 Å². The molecule has 0 unspecified atom stereocenters. The van der Waals surface area contributed by atoms with E-state index in [2.05, 4.69) is 4.72 Å². The van der Waals surface area contributed by atoms with Crippen LogP contribution in [0.1, 0.15) is 11.3 Å². The minimum Gasteiger partial charge on any atom is -0.480 e. The van der Waals surface area contributed by atoms with Crippen molar-refractivity contribution in [2.45, 2.75) is 19.2 Å². The van der Waals surface area contributed by atoms with Gasteiger partial charge in [0.15, 0.2) is 0 Å². The first-order valence-electron chi connectivity index (χ1n) is 6.85. The second-order valence-electron chi connectivity index (χ2n) is 5.16. The average molecular weight is 354 g/mol. The third-order valence-corrected chi connectivity index (χ3v) is 4.47. The summed E-state index contributed by atoms with van der Waals surface area (Å²) < 4.78 is 40.3. The van der Waals surface area contributed by atoms with E-state index in [0.717, 1.165) is 16.7 Å². The molecule has 1 heterocycles. The number of carboxylic acids is 1. The van der Waals surface area contributed by atoms with Crippen molar-refractivity contribution in [1.82, 2.24) is 4.57 Å². The molecule has 2 aromatic rings. The second-order valence-corrected chi connectivity index (χ2v) is 6.88. The van der Waals surface area contributed by atoms with Gasteiger partial charge in [-0.15, -0.1) is 0 Å². The van der Waals surface area contributed by atoms with Gasteiger partial charge in [-0.05, 0) is 36.8 Å². The zero-order valence-corrected chi connectivity index (χ0v) is 13.5. The number of benzene rings is 1. The molecule has 0 spiro atoms. The van der Waals surface area contributed by atoms with Crippen molar-refractivity contribution in [1.29, 1.82) is 0 Å². The topological polar surface area (TPSA) is 105 Å². The van der Waals surface area contributed by atoms with Gasteiger partial charge in [-0.2, -0.15) is 0 Å². The molecule has 1 aromatic heterocycles. The Kier molecular flexibility index (Phi) is 5.03. The smallest absolute Gasteiger partial charge is 0.323 e. The van der Waals surface area contributed by atoms with Crippen LogP contribution >= 0.6 is 0 Å². The number of halogens is 1. The number of aryl methyl sites for hydroxylation is 1. The number of sulfonamides is 1. The zero-order valence-electron chi connectivity index (χ0n) is 12.7. The van der Waals surface area contributed by atoms with Gasteiger partial charge in [0.1, 0.15) is 18.0 Å². The minimum absolute atomic E-state index is 0.246. The van der Waals surface area contributed by atoms with Gasteiger partial charge in [0.05, 0.1) is 5.75 Å². The fraction of sp³-hybridized carbons (Fsp3) is 0.200. The lowest BCUT2D eigenvalue weighted by molar-refractivity contribution is -0.137. The summed E-state index contributed by atoms with van der Waals surface area (Å²) in [6, 6.07) is 7.64. The summed E-state index contributed by atoms with van der Waals surface area (Å²) in [4.78, 5) is 23.0. The summed E-state index contributed by atoms with van der Waals surface area (Å²) in [5.74, 6) is -2.15. The van der Waals surface area contributed by atoms with Crippen LogP contribution in [0.5, 0.6) is 0 Å². The maximum absolute atomic E-state index is 12.8. The number of nitrogens with one attached hydrogen (secondary N) is 1.